The average molecular weight is 628 g/mol. The molecule has 1 atom stereocenters. The van der Waals surface area contributed by atoms with Crippen molar-refractivity contribution in [2.24, 2.45) is 0 Å². The first-order valence-electron chi connectivity index (χ1n) is 13.6. The Kier molecular flexibility index (Phi) is 10.1. The van der Waals surface area contributed by atoms with Gasteiger partial charge >= 0.3 is 6.09 Å². The molecular formula is C29H26ClN11O4. The molecule has 0 saturated heterocycles. The molecule has 0 spiro atoms. The molecule has 228 valence electrons. The third-order valence-electron chi connectivity index (χ3n) is 6.26. The van der Waals surface area contributed by atoms with Gasteiger partial charge in [0.05, 0.1) is 5.69 Å². The summed E-state index contributed by atoms with van der Waals surface area (Å²) in [5.74, 6) is -0.498. The van der Waals surface area contributed by atoms with Crippen molar-refractivity contribution < 1.29 is 19.1 Å². The van der Waals surface area contributed by atoms with Gasteiger partial charge in [0.25, 0.3) is 0 Å². The van der Waals surface area contributed by atoms with Crippen molar-refractivity contribution in [3.63, 3.8) is 0 Å². The number of hydrogen-bond acceptors (Lipinski definition) is 10. The second kappa shape index (κ2) is 15.0. The molecule has 0 saturated carbocycles. The number of nitrogens with one attached hydrogen (secondary N) is 4. The molecule has 15 nitrogen and oxygen atoms in total. The van der Waals surface area contributed by atoms with E-state index < -0.39 is 23.9 Å². The zero-order chi connectivity index (χ0) is 31.4. The van der Waals surface area contributed by atoms with Gasteiger partial charge in [0.2, 0.25) is 11.8 Å². The average Bonchev–Trinajstić information content (AvgIpc) is 3.77. The first-order valence-corrected chi connectivity index (χ1v) is 13.9. The first kappa shape index (κ1) is 30.5. The van der Waals surface area contributed by atoms with Crippen molar-refractivity contribution in [1.82, 2.24) is 46.1 Å². The molecule has 3 amide bonds. The summed E-state index contributed by atoms with van der Waals surface area (Å²) in [6.45, 7) is 0.0722. The summed E-state index contributed by atoms with van der Waals surface area (Å²) in [5.41, 5.74) is 2.98. The largest absolute Gasteiger partial charge is 0.449 e. The fourth-order valence-corrected chi connectivity index (χ4v) is 4.31. The van der Waals surface area contributed by atoms with E-state index in [4.69, 9.17) is 16.3 Å². The molecule has 0 unspecified atom stereocenters. The van der Waals surface area contributed by atoms with Gasteiger partial charge in [-0.15, -0.1) is 15.3 Å². The SMILES string of the molecule is O=C(/C=C/c1cc(Cl)ccc1-n1cnnn1)N[C@@H](Cc1ccccc1)C(=O)Nc1ccc(NC(=O)OCCc2nn[nH]n2)cc1. The van der Waals surface area contributed by atoms with Crippen molar-refractivity contribution in [2.75, 3.05) is 17.2 Å². The van der Waals surface area contributed by atoms with Crippen LogP contribution in [0.3, 0.4) is 0 Å². The molecule has 0 aliphatic carbocycles. The number of rotatable bonds is 12. The van der Waals surface area contributed by atoms with Crippen LogP contribution in [0.4, 0.5) is 16.2 Å². The third-order valence-corrected chi connectivity index (χ3v) is 6.50. The summed E-state index contributed by atoms with van der Waals surface area (Å²) < 4.78 is 6.56. The number of aromatic amines is 1. The second-order valence-electron chi connectivity index (χ2n) is 9.45. The Hall–Kier alpha value is -5.96. The molecule has 0 bridgehead atoms. The van der Waals surface area contributed by atoms with Crippen LogP contribution in [0.1, 0.15) is 17.0 Å². The molecule has 5 aromatic rings. The predicted octanol–water partition coefficient (Wildman–Crippen LogP) is 3.00. The van der Waals surface area contributed by atoms with Crippen LogP contribution in [-0.2, 0) is 27.2 Å². The monoisotopic (exact) mass is 627 g/mol. The smallest absolute Gasteiger partial charge is 0.411 e. The summed E-state index contributed by atoms with van der Waals surface area (Å²) >= 11 is 6.18. The number of H-pyrrole nitrogens is 1. The van der Waals surface area contributed by atoms with Crippen molar-refractivity contribution in [1.29, 1.82) is 0 Å². The Morgan fingerprint density at radius 3 is 2.49 bits per heavy atom. The molecule has 2 heterocycles. The fraction of sp³-hybridized carbons (Fsp3) is 0.138. The molecule has 5 rings (SSSR count). The minimum Gasteiger partial charge on any atom is -0.449 e. The highest BCUT2D eigenvalue weighted by atomic mass is 35.5. The van der Waals surface area contributed by atoms with Gasteiger partial charge in [-0.3, -0.25) is 14.9 Å². The summed E-state index contributed by atoms with van der Waals surface area (Å²) in [6, 6.07) is 19.9. The first-order chi connectivity index (χ1) is 21.9. The van der Waals surface area contributed by atoms with Crippen LogP contribution >= 0.6 is 11.6 Å². The third kappa shape index (κ3) is 9.01. The summed E-state index contributed by atoms with van der Waals surface area (Å²) in [6.07, 6.45) is 4.21. The van der Waals surface area contributed by atoms with E-state index >= 15 is 0 Å². The van der Waals surface area contributed by atoms with E-state index in [1.807, 2.05) is 30.3 Å². The molecular weight excluding hydrogens is 602 g/mol. The van der Waals surface area contributed by atoms with Crippen LogP contribution in [0.25, 0.3) is 11.8 Å². The van der Waals surface area contributed by atoms with E-state index in [0.29, 0.717) is 39.9 Å². The van der Waals surface area contributed by atoms with Gasteiger partial charge in [0.15, 0.2) is 5.82 Å². The highest BCUT2D eigenvalue weighted by Crippen LogP contribution is 2.20. The van der Waals surface area contributed by atoms with E-state index in [-0.39, 0.29) is 13.0 Å². The number of amides is 3. The molecule has 3 aromatic carbocycles. The predicted molar refractivity (Wildman–Crippen MR) is 163 cm³/mol. The number of aromatic nitrogens is 8. The lowest BCUT2D eigenvalue weighted by Crippen LogP contribution is -2.44. The van der Waals surface area contributed by atoms with Gasteiger partial charge in [-0.05, 0) is 64.5 Å². The van der Waals surface area contributed by atoms with Crippen LogP contribution < -0.4 is 16.0 Å². The van der Waals surface area contributed by atoms with E-state index in [9.17, 15) is 14.4 Å². The lowest BCUT2D eigenvalue weighted by Gasteiger charge is -2.18. The molecule has 4 N–H and O–H groups in total. The quantitative estimate of drug-likeness (QED) is 0.149. The number of tetrazole rings is 2. The number of ether oxygens (including phenoxy) is 1. The maximum Gasteiger partial charge on any atom is 0.411 e. The van der Waals surface area contributed by atoms with E-state index in [1.165, 1.54) is 17.1 Å². The standard InChI is InChI=1S/C29H26ClN11O4/c30-21-7-12-25(41-18-31-37-40-41)20(17-21)6-13-27(42)34-24(16-19-4-2-1-3-5-19)28(43)32-22-8-10-23(11-9-22)33-29(44)45-15-14-26-35-38-39-36-26/h1-13,17-18,24H,14-16H2,(H,32,43)(H,33,44)(H,34,42)(H,35,36,38,39)/b13-6+/t24-/m0/s1. The number of hydrogen-bond donors (Lipinski definition) is 4. The van der Waals surface area contributed by atoms with Crippen molar-refractivity contribution >= 4 is 47.0 Å². The Bertz CT molecular complexity index is 1750. The molecule has 2 aromatic heterocycles. The number of carbonyl (C=O) groups is 3. The normalized spacial score (nSPS) is 11.6. The highest BCUT2D eigenvalue weighted by molar-refractivity contribution is 6.30. The summed E-state index contributed by atoms with van der Waals surface area (Å²) in [5, 5.41) is 33.2. The van der Waals surface area contributed by atoms with Crippen LogP contribution in [0, 0.1) is 0 Å². The van der Waals surface area contributed by atoms with Crippen molar-refractivity contribution in [3.05, 3.63) is 107 Å². The highest BCUT2D eigenvalue weighted by Gasteiger charge is 2.21. The van der Waals surface area contributed by atoms with Crippen LogP contribution in [0.15, 0.2) is 85.2 Å². The topological polar surface area (TPSA) is 195 Å². The van der Waals surface area contributed by atoms with Crippen molar-refractivity contribution in [2.45, 2.75) is 18.9 Å². The maximum absolute atomic E-state index is 13.4. The lowest BCUT2D eigenvalue weighted by molar-refractivity contribution is -0.123. The minimum absolute atomic E-state index is 0.0722. The number of nitrogens with zero attached hydrogens (tertiary/aromatic N) is 7. The Morgan fingerprint density at radius 2 is 1.78 bits per heavy atom. The molecule has 0 radical (unpaired) electrons. The molecule has 0 fully saturated rings. The van der Waals surface area contributed by atoms with Crippen LogP contribution in [-0.4, -0.2) is 71.4 Å². The summed E-state index contributed by atoms with van der Waals surface area (Å²) in [7, 11) is 0. The lowest BCUT2D eigenvalue weighted by atomic mass is 10.0. The van der Waals surface area contributed by atoms with Gasteiger partial charge in [0.1, 0.15) is 19.0 Å². The van der Waals surface area contributed by atoms with Gasteiger partial charge in [0, 0.05) is 40.9 Å². The number of carbonyl (C=O) groups excluding carboxylic acids is 3. The van der Waals surface area contributed by atoms with E-state index in [2.05, 4.69) is 52.1 Å². The fourth-order valence-electron chi connectivity index (χ4n) is 4.13. The maximum atomic E-state index is 13.4. The number of anilines is 2. The molecule has 0 aliphatic heterocycles. The van der Waals surface area contributed by atoms with Gasteiger partial charge in [-0.2, -0.15) is 9.90 Å². The molecule has 0 aliphatic rings. The summed E-state index contributed by atoms with van der Waals surface area (Å²) in [4.78, 5) is 38.5. The van der Waals surface area contributed by atoms with Gasteiger partial charge < -0.3 is 15.4 Å². The number of halogens is 1. The van der Waals surface area contributed by atoms with E-state index in [0.717, 1.165) is 5.56 Å². The van der Waals surface area contributed by atoms with Gasteiger partial charge in [-0.25, -0.2) is 4.79 Å². The van der Waals surface area contributed by atoms with Crippen LogP contribution in [0.2, 0.25) is 5.02 Å². The van der Waals surface area contributed by atoms with Gasteiger partial charge in [-0.1, -0.05) is 47.1 Å². The number of benzene rings is 3. The minimum atomic E-state index is -0.908. The molecule has 16 heteroatoms. The Balaban J connectivity index is 1.21. The zero-order valence-electron chi connectivity index (χ0n) is 23.5. The second-order valence-corrected chi connectivity index (χ2v) is 9.88. The van der Waals surface area contributed by atoms with E-state index in [1.54, 1.807) is 48.5 Å². The van der Waals surface area contributed by atoms with Crippen LogP contribution in [0.5, 0.6) is 0 Å². The Morgan fingerprint density at radius 1 is 1.00 bits per heavy atom. The molecule has 45 heavy (non-hydrogen) atoms. The Labute approximate surface area is 261 Å². The zero-order valence-corrected chi connectivity index (χ0v) is 24.3. The van der Waals surface area contributed by atoms with Crippen molar-refractivity contribution in [3.8, 4) is 5.69 Å².